The Morgan fingerprint density at radius 2 is 1.11 bits per heavy atom. The van der Waals surface area contributed by atoms with Crippen LogP contribution in [0.1, 0.15) is 25.0 Å². The normalized spacial score (nSPS) is 13.1. The van der Waals surface area contributed by atoms with E-state index in [9.17, 15) is 0 Å². The lowest BCUT2D eigenvalue weighted by Crippen LogP contribution is -1.96. The monoisotopic (exact) mass is 674 g/mol. The minimum atomic E-state index is 1.10. The van der Waals surface area contributed by atoms with Crippen molar-refractivity contribution in [2.45, 2.75) is 20.8 Å². The van der Waals surface area contributed by atoms with E-state index < -0.39 is 0 Å². The molecule has 0 amide bonds. The predicted molar refractivity (Wildman–Crippen MR) is 228 cm³/mol. The molecule has 0 fully saturated rings. The zero-order valence-electron chi connectivity index (χ0n) is 29.9. The van der Waals surface area contributed by atoms with E-state index in [1.54, 1.807) is 0 Å². The van der Waals surface area contributed by atoms with Gasteiger partial charge < -0.3 is 0 Å². The van der Waals surface area contributed by atoms with Gasteiger partial charge in [-0.25, -0.2) is 0 Å². The zero-order chi connectivity index (χ0) is 35.5. The van der Waals surface area contributed by atoms with Gasteiger partial charge in [0.15, 0.2) is 0 Å². The standard InChI is InChI=1S/C51H34N2/c1-5-28(2)44(26-52-4)48-36-20-18-33-32(40(36)24-42-34-14-6-10-30-12-8-16-38(46(30)34)50(42)48)19-21-37-41(33)25-43-35-15-7-11-31-13-9-17-39(47(31)35)51(43)49(37)45-27-53-23-22-29(45)3/h5-27H,4H2,1-3H3/b28-5-,44-26+. The molecule has 0 N–H and O–H groups in total. The second kappa shape index (κ2) is 10.9. The Kier molecular flexibility index (Phi) is 6.19. The highest BCUT2D eigenvalue weighted by atomic mass is 14.6. The van der Waals surface area contributed by atoms with Crippen molar-refractivity contribution < 1.29 is 0 Å². The SMILES string of the molecule is C=N/C=C(\C(C)=C/C)c1c2c(cc3c1ccc1c4cc5c(c(-c6cnccc6C)c4ccc31)-c1cccc3cccc-5c13)-c1cccc3cccc-2c13. The van der Waals surface area contributed by atoms with Gasteiger partial charge in [-0.1, -0.05) is 103 Å². The summed E-state index contributed by atoms with van der Waals surface area (Å²) in [4.78, 5) is 9.03. The van der Waals surface area contributed by atoms with Gasteiger partial charge in [0.1, 0.15) is 0 Å². The van der Waals surface area contributed by atoms with E-state index in [0.717, 1.165) is 5.57 Å². The summed E-state index contributed by atoms with van der Waals surface area (Å²) >= 11 is 0. The molecule has 248 valence electrons. The fourth-order valence-corrected chi connectivity index (χ4v) is 9.60. The number of hydrogen-bond acceptors (Lipinski definition) is 2. The topological polar surface area (TPSA) is 25.2 Å². The smallest absolute Gasteiger partial charge is 0.0349 e. The molecule has 9 aromatic rings. The number of benzene rings is 8. The number of pyridine rings is 1. The van der Waals surface area contributed by atoms with Crippen molar-refractivity contribution in [3.05, 3.63) is 157 Å². The van der Waals surface area contributed by atoms with E-state index in [1.807, 2.05) is 12.4 Å². The third-order valence-electron chi connectivity index (χ3n) is 12.0. The van der Waals surface area contributed by atoms with Crippen LogP contribution >= 0.6 is 0 Å². The average Bonchev–Trinajstić information content (AvgIpc) is 3.69. The van der Waals surface area contributed by atoms with Gasteiger partial charge in [0.2, 0.25) is 0 Å². The van der Waals surface area contributed by atoms with E-state index in [2.05, 4.69) is 165 Å². The van der Waals surface area contributed by atoms with Gasteiger partial charge in [0, 0.05) is 29.7 Å². The van der Waals surface area contributed by atoms with Gasteiger partial charge in [-0.15, -0.1) is 0 Å². The molecule has 11 rings (SSSR count). The van der Waals surface area contributed by atoms with Crippen LogP contribution in [0.15, 0.2) is 150 Å². The summed E-state index contributed by atoms with van der Waals surface area (Å²) < 4.78 is 0. The van der Waals surface area contributed by atoms with Crippen LogP contribution in [-0.2, 0) is 0 Å². The van der Waals surface area contributed by atoms with Crippen molar-refractivity contribution in [2.75, 3.05) is 0 Å². The van der Waals surface area contributed by atoms with Gasteiger partial charge >= 0.3 is 0 Å². The van der Waals surface area contributed by atoms with Crippen LogP contribution in [0, 0.1) is 6.92 Å². The summed E-state index contributed by atoms with van der Waals surface area (Å²) in [6.45, 7) is 10.4. The van der Waals surface area contributed by atoms with Gasteiger partial charge in [0.05, 0.1) is 0 Å². The van der Waals surface area contributed by atoms with E-state index in [0.29, 0.717) is 0 Å². The number of hydrogen-bond donors (Lipinski definition) is 0. The minimum Gasteiger partial charge on any atom is -0.272 e. The molecule has 0 saturated carbocycles. The van der Waals surface area contributed by atoms with Crippen LogP contribution in [0.2, 0.25) is 0 Å². The maximum Gasteiger partial charge on any atom is 0.0349 e. The molecule has 0 aliphatic heterocycles. The summed E-state index contributed by atoms with van der Waals surface area (Å²) in [5.74, 6) is 0. The first-order valence-electron chi connectivity index (χ1n) is 18.4. The average molecular weight is 675 g/mol. The first-order chi connectivity index (χ1) is 26.1. The summed E-state index contributed by atoms with van der Waals surface area (Å²) in [7, 11) is 0. The minimum absolute atomic E-state index is 1.10. The third-order valence-corrected chi connectivity index (χ3v) is 12.0. The van der Waals surface area contributed by atoms with Gasteiger partial charge in [-0.3, -0.25) is 9.98 Å². The van der Waals surface area contributed by atoms with Crippen LogP contribution in [-0.4, -0.2) is 11.7 Å². The highest BCUT2D eigenvalue weighted by Gasteiger charge is 2.30. The Bertz CT molecular complexity index is 3200. The number of aliphatic imine (C=N–C) groups is 1. The first kappa shape index (κ1) is 30.0. The summed E-state index contributed by atoms with van der Waals surface area (Å²) in [5, 5.41) is 12.7. The number of aromatic nitrogens is 1. The van der Waals surface area contributed by atoms with Crippen LogP contribution in [0.3, 0.4) is 0 Å². The van der Waals surface area contributed by atoms with Crippen molar-refractivity contribution in [1.29, 1.82) is 0 Å². The fraction of sp³-hybridized carbons (Fsp3) is 0.0588. The maximum atomic E-state index is 4.66. The first-order valence-corrected chi connectivity index (χ1v) is 18.4. The number of rotatable bonds is 4. The molecule has 1 heterocycles. The number of fused-ring (bicyclic) bond motifs is 11. The predicted octanol–water partition coefficient (Wildman–Crippen LogP) is 14.1. The van der Waals surface area contributed by atoms with Gasteiger partial charge in [-0.05, 0) is 166 Å². The third kappa shape index (κ3) is 3.93. The Morgan fingerprint density at radius 1 is 0.566 bits per heavy atom. The summed E-state index contributed by atoms with van der Waals surface area (Å²) in [5.41, 5.74) is 17.5. The molecule has 0 bridgehead atoms. The maximum absolute atomic E-state index is 4.66. The van der Waals surface area contributed by atoms with Crippen molar-refractivity contribution in [2.24, 2.45) is 4.99 Å². The Morgan fingerprint density at radius 3 is 1.72 bits per heavy atom. The summed E-state index contributed by atoms with van der Waals surface area (Å²) in [6, 6.07) is 43.4. The molecule has 0 spiro atoms. The summed E-state index contributed by atoms with van der Waals surface area (Å²) in [6.07, 6.45) is 8.08. The molecule has 0 unspecified atom stereocenters. The van der Waals surface area contributed by atoms with Crippen LogP contribution in [0.4, 0.5) is 0 Å². The Hall–Kier alpha value is -6.64. The molecule has 2 heteroatoms. The molecular weight excluding hydrogens is 641 g/mol. The lowest BCUT2D eigenvalue weighted by Gasteiger charge is -2.21. The van der Waals surface area contributed by atoms with Crippen molar-refractivity contribution in [3.8, 4) is 55.6 Å². The van der Waals surface area contributed by atoms with Gasteiger partial charge in [-0.2, -0.15) is 0 Å². The van der Waals surface area contributed by atoms with Crippen LogP contribution < -0.4 is 0 Å². The second-order valence-corrected chi connectivity index (χ2v) is 14.6. The quantitative estimate of drug-likeness (QED) is 0.104. The van der Waals surface area contributed by atoms with Crippen molar-refractivity contribution in [3.63, 3.8) is 0 Å². The molecule has 2 aliphatic rings. The van der Waals surface area contributed by atoms with Crippen molar-refractivity contribution in [1.82, 2.24) is 4.98 Å². The molecule has 2 nitrogen and oxygen atoms in total. The highest BCUT2D eigenvalue weighted by Crippen LogP contribution is 2.56. The fourth-order valence-electron chi connectivity index (χ4n) is 9.60. The molecule has 1 aromatic heterocycles. The molecule has 0 radical (unpaired) electrons. The molecule has 2 aliphatic carbocycles. The largest absolute Gasteiger partial charge is 0.272 e. The van der Waals surface area contributed by atoms with E-state index in [-0.39, 0.29) is 0 Å². The highest BCUT2D eigenvalue weighted by molar-refractivity contribution is 6.29. The Balaban J connectivity index is 1.31. The number of nitrogens with zero attached hydrogens (tertiary/aromatic N) is 2. The molecule has 53 heavy (non-hydrogen) atoms. The second-order valence-electron chi connectivity index (χ2n) is 14.6. The van der Waals surface area contributed by atoms with E-state index in [1.165, 1.54) is 126 Å². The number of allylic oxidation sites excluding steroid dienone is 3. The lowest BCUT2D eigenvalue weighted by atomic mass is 9.82. The molecular formula is C51H34N2. The van der Waals surface area contributed by atoms with E-state index in [4.69, 9.17) is 0 Å². The van der Waals surface area contributed by atoms with Crippen LogP contribution in [0.5, 0.6) is 0 Å². The van der Waals surface area contributed by atoms with Gasteiger partial charge in [0.25, 0.3) is 0 Å². The van der Waals surface area contributed by atoms with Crippen LogP contribution in [0.25, 0.3) is 115 Å². The lowest BCUT2D eigenvalue weighted by molar-refractivity contribution is 1.29. The van der Waals surface area contributed by atoms with E-state index >= 15 is 0 Å². The molecule has 0 atom stereocenters. The Labute approximate surface area is 308 Å². The zero-order valence-corrected chi connectivity index (χ0v) is 29.9. The van der Waals surface area contributed by atoms with Crippen molar-refractivity contribution >= 4 is 66.2 Å². The molecule has 0 saturated heterocycles. The number of aryl methyl sites for hydroxylation is 1. The molecule has 8 aromatic carbocycles.